The summed E-state index contributed by atoms with van der Waals surface area (Å²) in [6, 6.07) is 0.846. The Morgan fingerprint density at radius 2 is 1.83 bits per heavy atom. The summed E-state index contributed by atoms with van der Waals surface area (Å²) in [6.45, 7) is 7.09. The fourth-order valence-corrected chi connectivity index (χ4v) is 1.21. The van der Waals surface area contributed by atoms with Crippen LogP contribution < -0.4 is 10.6 Å². The highest BCUT2D eigenvalue weighted by Gasteiger charge is 2.32. The summed E-state index contributed by atoms with van der Waals surface area (Å²) < 4.78 is 37.1. The number of halogens is 3. The van der Waals surface area contributed by atoms with Gasteiger partial charge in [0.15, 0.2) is 0 Å². The van der Waals surface area contributed by atoms with Crippen LogP contribution in [0.25, 0.3) is 0 Å². The van der Waals surface area contributed by atoms with E-state index in [-0.39, 0.29) is 11.5 Å². The number of hydrogen-bond donors (Lipinski definition) is 2. The van der Waals surface area contributed by atoms with E-state index in [9.17, 15) is 13.2 Å². The minimum absolute atomic E-state index is 0.0134. The largest absolute Gasteiger partial charge is 0.433 e. The molecule has 0 atom stereocenters. The Bertz CT molecular complexity index is 385. The van der Waals surface area contributed by atoms with Gasteiger partial charge >= 0.3 is 6.18 Å². The smallest absolute Gasteiger partial charge is 0.353 e. The van der Waals surface area contributed by atoms with Gasteiger partial charge in [-0.3, -0.25) is 0 Å². The summed E-state index contributed by atoms with van der Waals surface area (Å²) in [5.74, 6) is -0.0134. The van der Waals surface area contributed by atoms with Crippen LogP contribution in [0.5, 0.6) is 0 Å². The Morgan fingerprint density at radius 1 is 1.17 bits per heavy atom. The molecule has 0 aromatic carbocycles. The third kappa shape index (κ3) is 5.31. The lowest BCUT2D eigenvalue weighted by Crippen LogP contribution is -2.38. The summed E-state index contributed by atoms with van der Waals surface area (Å²) in [7, 11) is 0. The van der Waals surface area contributed by atoms with E-state index in [4.69, 9.17) is 0 Å². The van der Waals surface area contributed by atoms with Gasteiger partial charge in [0.1, 0.15) is 5.69 Å². The van der Waals surface area contributed by atoms with Crippen LogP contribution in [-0.2, 0) is 6.18 Å². The molecule has 0 radical (unpaired) electrons. The van der Waals surface area contributed by atoms with Gasteiger partial charge in [0.05, 0.1) is 0 Å². The molecule has 18 heavy (non-hydrogen) atoms. The number of rotatable bonds is 4. The Hall–Kier alpha value is -1.37. The maximum absolute atomic E-state index is 12.4. The number of nitrogens with zero attached hydrogens (tertiary/aromatic N) is 2. The number of aromatic nitrogens is 2. The number of alkyl halides is 3. The van der Waals surface area contributed by atoms with E-state index in [1.165, 1.54) is 0 Å². The van der Waals surface area contributed by atoms with Gasteiger partial charge in [0.25, 0.3) is 0 Å². The van der Waals surface area contributed by atoms with Crippen LogP contribution in [0.4, 0.5) is 19.1 Å². The van der Waals surface area contributed by atoms with Crippen LogP contribution in [-0.4, -0.2) is 28.6 Å². The standard InChI is InChI=1S/C11H17F3N4/c1-10(2,3)17-7-6-16-9-15-5-4-8(18-9)11(12,13)14/h4-5,17H,6-7H2,1-3H3,(H,15,16,18). The quantitative estimate of drug-likeness (QED) is 0.817. The maximum atomic E-state index is 12.4. The van der Waals surface area contributed by atoms with Gasteiger partial charge in [0.2, 0.25) is 5.95 Å². The van der Waals surface area contributed by atoms with Gasteiger partial charge in [-0.2, -0.15) is 13.2 Å². The molecule has 1 rings (SSSR count). The first-order chi connectivity index (χ1) is 8.18. The molecule has 1 aromatic rings. The van der Waals surface area contributed by atoms with Crippen molar-refractivity contribution >= 4 is 5.95 Å². The second kappa shape index (κ2) is 5.51. The van der Waals surface area contributed by atoms with Crippen molar-refractivity contribution in [3.63, 3.8) is 0 Å². The second-order valence-electron chi connectivity index (χ2n) is 4.87. The minimum atomic E-state index is -4.44. The molecule has 0 saturated heterocycles. The highest BCUT2D eigenvalue weighted by atomic mass is 19.4. The zero-order valence-corrected chi connectivity index (χ0v) is 10.6. The van der Waals surface area contributed by atoms with Gasteiger partial charge in [-0.15, -0.1) is 0 Å². The lowest BCUT2D eigenvalue weighted by Gasteiger charge is -2.20. The average Bonchev–Trinajstić information content (AvgIpc) is 2.22. The predicted molar refractivity (Wildman–Crippen MR) is 63.3 cm³/mol. The topological polar surface area (TPSA) is 49.8 Å². The maximum Gasteiger partial charge on any atom is 0.433 e. The molecule has 4 nitrogen and oxygen atoms in total. The monoisotopic (exact) mass is 262 g/mol. The van der Waals surface area contributed by atoms with Crippen LogP contribution in [0.15, 0.2) is 12.3 Å². The molecular weight excluding hydrogens is 245 g/mol. The first-order valence-corrected chi connectivity index (χ1v) is 5.58. The first-order valence-electron chi connectivity index (χ1n) is 5.58. The van der Waals surface area contributed by atoms with Crippen LogP contribution in [0.3, 0.4) is 0 Å². The molecule has 1 aromatic heterocycles. The molecule has 7 heteroatoms. The van der Waals surface area contributed by atoms with Crippen molar-refractivity contribution in [3.8, 4) is 0 Å². The number of anilines is 1. The molecule has 0 saturated carbocycles. The van der Waals surface area contributed by atoms with Crippen molar-refractivity contribution in [2.75, 3.05) is 18.4 Å². The zero-order chi connectivity index (χ0) is 13.8. The van der Waals surface area contributed by atoms with Gasteiger partial charge in [-0.25, -0.2) is 9.97 Å². The summed E-state index contributed by atoms with van der Waals surface area (Å²) in [4.78, 5) is 7.14. The van der Waals surface area contributed by atoms with E-state index >= 15 is 0 Å². The van der Waals surface area contributed by atoms with E-state index in [2.05, 4.69) is 20.6 Å². The molecule has 0 spiro atoms. The first kappa shape index (κ1) is 14.7. The van der Waals surface area contributed by atoms with Crippen LogP contribution in [0.2, 0.25) is 0 Å². The summed E-state index contributed by atoms with van der Waals surface area (Å²) in [5, 5.41) is 5.94. The van der Waals surface area contributed by atoms with E-state index in [1.807, 2.05) is 20.8 Å². The van der Waals surface area contributed by atoms with Crippen molar-refractivity contribution in [2.24, 2.45) is 0 Å². The fourth-order valence-electron chi connectivity index (χ4n) is 1.21. The molecule has 0 aliphatic rings. The molecule has 0 fully saturated rings. The Kier molecular flexibility index (Phi) is 4.50. The SMILES string of the molecule is CC(C)(C)NCCNc1nccc(C(F)(F)F)n1. The molecule has 2 N–H and O–H groups in total. The average molecular weight is 262 g/mol. The Morgan fingerprint density at radius 3 is 2.39 bits per heavy atom. The lowest BCUT2D eigenvalue weighted by molar-refractivity contribution is -0.141. The lowest BCUT2D eigenvalue weighted by atomic mass is 10.1. The number of hydrogen-bond acceptors (Lipinski definition) is 4. The molecular formula is C11H17F3N4. The van der Waals surface area contributed by atoms with E-state index in [0.29, 0.717) is 13.1 Å². The normalized spacial score (nSPS) is 12.6. The van der Waals surface area contributed by atoms with Gasteiger partial charge in [0, 0.05) is 24.8 Å². The molecule has 0 unspecified atom stereocenters. The van der Waals surface area contributed by atoms with E-state index < -0.39 is 11.9 Å². The van der Waals surface area contributed by atoms with Gasteiger partial charge in [-0.1, -0.05) is 0 Å². The van der Waals surface area contributed by atoms with Crippen molar-refractivity contribution in [3.05, 3.63) is 18.0 Å². The Labute approximate surface area is 104 Å². The minimum Gasteiger partial charge on any atom is -0.353 e. The molecule has 0 aliphatic carbocycles. The molecule has 0 amide bonds. The summed E-state index contributed by atoms with van der Waals surface area (Å²) in [5.41, 5.74) is -0.972. The highest BCUT2D eigenvalue weighted by molar-refractivity contribution is 5.25. The number of nitrogens with one attached hydrogen (secondary N) is 2. The van der Waals surface area contributed by atoms with E-state index in [1.54, 1.807) is 0 Å². The molecule has 102 valence electrons. The molecule has 0 bridgehead atoms. The van der Waals surface area contributed by atoms with Crippen LogP contribution in [0.1, 0.15) is 26.5 Å². The van der Waals surface area contributed by atoms with Crippen molar-refractivity contribution < 1.29 is 13.2 Å². The highest BCUT2D eigenvalue weighted by Crippen LogP contribution is 2.27. The zero-order valence-electron chi connectivity index (χ0n) is 10.6. The third-order valence-corrected chi connectivity index (χ3v) is 2.01. The van der Waals surface area contributed by atoms with Gasteiger partial charge in [-0.05, 0) is 26.8 Å². The van der Waals surface area contributed by atoms with Crippen LogP contribution in [0, 0.1) is 0 Å². The van der Waals surface area contributed by atoms with Gasteiger partial charge < -0.3 is 10.6 Å². The van der Waals surface area contributed by atoms with Crippen molar-refractivity contribution in [1.29, 1.82) is 0 Å². The fraction of sp³-hybridized carbons (Fsp3) is 0.636. The third-order valence-electron chi connectivity index (χ3n) is 2.01. The van der Waals surface area contributed by atoms with Crippen LogP contribution >= 0.6 is 0 Å². The second-order valence-corrected chi connectivity index (χ2v) is 4.87. The predicted octanol–water partition coefficient (Wildman–Crippen LogP) is 2.30. The summed E-state index contributed by atoms with van der Waals surface area (Å²) in [6.07, 6.45) is -3.35. The Balaban J connectivity index is 2.49. The summed E-state index contributed by atoms with van der Waals surface area (Å²) >= 11 is 0. The molecule has 0 aliphatic heterocycles. The van der Waals surface area contributed by atoms with E-state index in [0.717, 1.165) is 12.3 Å². The van der Waals surface area contributed by atoms with Crippen molar-refractivity contribution in [2.45, 2.75) is 32.5 Å². The van der Waals surface area contributed by atoms with Crippen molar-refractivity contribution in [1.82, 2.24) is 15.3 Å². The molecule has 1 heterocycles.